The van der Waals surface area contributed by atoms with Gasteiger partial charge in [0.15, 0.2) is 0 Å². The van der Waals surface area contributed by atoms with Gasteiger partial charge in [-0.25, -0.2) is 0 Å². The number of hydrogen-bond acceptors (Lipinski definition) is 3. The van der Waals surface area contributed by atoms with Crippen LogP contribution in [0.3, 0.4) is 0 Å². The zero-order chi connectivity index (χ0) is 21.1. The molecule has 3 aromatic carbocycles. The highest BCUT2D eigenvalue weighted by Crippen LogP contribution is 2.30. The minimum absolute atomic E-state index is 0.302. The van der Waals surface area contributed by atoms with Crippen LogP contribution in [0.2, 0.25) is 0 Å². The number of aromatic amines is 1. The van der Waals surface area contributed by atoms with Crippen molar-refractivity contribution >= 4 is 28.4 Å². The fourth-order valence-corrected chi connectivity index (χ4v) is 3.62. The molecule has 6 nitrogen and oxygen atoms in total. The highest BCUT2D eigenvalue weighted by Gasteiger charge is 2.19. The van der Waals surface area contributed by atoms with Crippen LogP contribution < -0.4 is 16.8 Å². The largest absolute Gasteiger partial charge is 0.366 e. The summed E-state index contributed by atoms with van der Waals surface area (Å²) in [6, 6.07) is 21.5. The van der Waals surface area contributed by atoms with E-state index in [2.05, 4.69) is 10.3 Å². The Kier molecular flexibility index (Phi) is 5.32. The van der Waals surface area contributed by atoms with Crippen molar-refractivity contribution in [1.82, 2.24) is 4.98 Å². The summed E-state index contributed by atoms with van der Waals surface area (Å²) in [6.07, 6.45) is 2.28. The SMILES string of the molecule is NC(=O)c1ccccc1-c1ccccc1NC(=O)C(N)Cc1c[nH]c2ccccc12. The zero-order valence-electron chi connectivity index (χ0n) is 16.3. The standard InChI is InChI=1S/C24H22N4O2/c25-20(13-15-14-27-21-11-5-3-7-16(15)21)24(30)28-22-12-6-4-9-18(22)17-8-1-2-10-19(17)23(26)29/h1-12,14,20,27H,13,25H2,(H2,26,29)(H,28,30). The van der Waals surface area contributed by atoms with Crippen molar-refractivity contribution < 1.29 is 9.59 Å². The van der Waals surface area contributed by atoms with Gasteiger partial charge in [0.1, 0.15) is 0 Å². The predicted octanol–water partition coefficient (Wildman–Crippen LogP) is 3.44. The van der Waals surface area contributed by atoms with Crippen molar-refractivity contribution in [3.05, 3.63) is 90.1 Å². The third-order valence-corrected chi connectivity index (χ3v) is 5.12. The van der Waals surface area contributed by atoms with Crippen LogP contribution in [0.1, 0.15) is 15.9 Å². The summed E-state index contributed by atoms with van der Waals surface area (Å²) in [4.78, 5) is 27.9. The van der Waals surface area contributed by atoms with Crippen LogP contribution in [0.5, 0.6) is 0 Å². The number of rotatable bonds is 6. The molecule has 0 aliphatic carbocycles. The van der Waals surface area contributed by atoms with Gasteiger partial charge in [-0.05, 0) is 35.7 Å². The lowest BCUT2D eigenvalue weighted by atomic mass is 9.97. The van der Waals surface area contributed by atoms with E-state index in [0.29, 0.717) is 28.8 Å². The van der Waals surface area contributed by atoms with Crippen LogP contribution in [0.15, 0.2) is 79.0 Å². The number of carbonyl (C=O) groups excluding carboxylic acids is 2. The molecule has 0 spiro atoms. The van der Waals surface area contributed by atoms with Crippen LogP contribution in [0.25, 0.3) is 22.0 Å². The number of aromatic nitrogens is 1. The van der Waals surface area contributed by atoms with Gasteiger partial charge in [-0.3, -0.25) is 9.59 Å². The van der Waals surface area contributed by atoms with E-state index in [9.17, 15) is 9.59 Å². The Balaban J connectivity index is 1.58. The van der Waals surface area contributed by atoms with Gasteiger partial charge in [0.2, 0.25) is 11.8 Å². The second-order valence-corrected chi connectivity index (χ2v) is 7.11. The molecule has 2 amide bonds. The van der Waals surface area contributed by atoms with Gasteiger partial charge in [0, 0.05) is 33.9 Å². The Morgan fingerprint density at radius 3 is 2.37 bits per heavy atom. The lowest BCUT2D eigenvalue weighted by Crippen LogP contribution is -2.37. The maximum Gasteiger partial charge on any atom is 0.249 e. The molecule has 1 unspecified atom stereocenters. The first kappa shape index (κ1) is 19.4. The van der Waals surface area contributed by atoms with Gasteiger partial charge < -0.3 is 21.8 Å². The van der Waals surface area contributed by atoms with Gasteiger partial charge in [-0.1, -0.05) is 54.6 Å². The average molecular weight is 398 g/mol. The molecule has 0 radical (unpaired) electrons. The van der Waals surface area contributed by atoms with Crippen molar-refractivity contribution in [3.8, 4) is 11.1 Å². The number of anilines is 1. The molecule has 6 N–H and O–H groups in total. The van der Waals surface area contributed by atoms with Gasteiger partial charge in [0.05, 0.1) is 6.04 Å². The number of hydrogen-bond donors (Lipinski definition) is 4. The minimum Gasteiger partial charge on any atom is -0.366 e. The number of nitrogens with two attached hydrogens (primary N) is 2. The molecule has 1 aromatic heterocycles. The number of amides is 2. The number of fused-ring (bicyclic) bond motifs is 1. The maximum absolute atomic E-state index is 12.8. The molecule has 1 atom stereocenters. The normalized spacial score (nSPS) is 11.9. The summed E-state index contributed by atoms with van der Waals surface area (Å²) in [5, 5.41) is 3.96. The van der Waals surface area contributed by atoms with Crippen molar-refractivity contribution in [2.75, 3.05) is 5.32 Å². The van der Waals surface area contributed by atoms with E-state index in [1.54, 1.807) is 24.3 Å². The zero-order valence-corrected chi connectivity index (χ0v) is 16.3. The summed E-state index contributed by atoms with van der Waals surface area (Å²) in [6.45, 7) is 0. The Hall–Kier alpha value is -3.90. The lowest BCUT2D eigenvalue weighted by molar-refractivity contribution is -0.117. The molecule has 0 aliphatic rings. The van der Waals surface area contributed by atoms with E-state index in [1.807, 2.05) is 54.7 Å². The van der Waals surface area contributed by atoms with Crippen LogP contribution >= 0.6 is 0 Å². The molecule has 6 heteroatoms. The van der Waals surface area contributed by atoms with Crippen LogP contribution in [0.4, 0.5) is 5.69 Å². The van der Waals surface area contributed by atoms with E-state index in [1.165, 1.54) is 0 Å². The van der Waals surface area contributed by atoms with Gasteiger partial charge in [0.25, 0.3) is 0 Å². The Labute approximate surface area is 173 Å². The fourth-order valence-electron chi connectivity index (χ4n) is 3.62. The van der Waals surface area contributed by atoms with Crippen molar-refractivity contribution in [3.63, 3.8) is 0 Å². The molecule has 0 fully saturated rings. The van der Waals surface area contributed by atoms with E-state index < -0.39 is 11.9 Å². The molecule has 4 rings (SSSR count). The number of H-pyrrole nitrogens is 1. The molecule has 4 aromatic rings. The molecular formula is C24H22N4O2. The average Bonchev–Trinajstić information content (AvgIpc) is 3.17. The maximum atomic E-state index is 12.8. The predicted molar refractivity (Wildman–Crippen MR) is 119 cm³/mol. The third-order valence-electron chi connectivity index (χ3n) is 5.12. The first-order chi connectivity index (χ1) is 14.5. The Morgan fingerprint density at radius 2 is 1.57 bits per heavy atom. The van der Waals surface area contributed by atoms with Crippen molar-refractivity contribution in [2.45, 2.75) is 12.5 Å². The summed E-state index contributed by atoms with van der Waals surface area (Å²) in [7, 11) is 0. The van der Waals surface area contributed by atoms with E-state index in [4.69, 9.17) is 11.5 Å². The number of para-hydroxylation sites is 2. The highest BCUT2D eigenvalue weighted by molar-refractivity contribution is 6.04. The molecule has 30 heavy (non-hydrogen) atoms. The van der Waals surface area contributed by atoms with Crippen LogP contribution in [0, 0.1) is 0 Å². The smallest absolute Gasteiger partial charge is 0.249 e. The van der Waals surface area contributed by atoms with E-state index in [-0.39, 0.29) is 5.91 Å². The quantitative estimate of drug-likeness (QED) is 0.399. The second-order valence-electron chi connectivity index (χ2n) is 7.11. The van der Waals surface area contributed by atoms with E-state index >= 15 is 0 Å². The van der Waals surface area contributed by atoms with E-state index in [0.717, 1.165) is 16.5 Å². The summed E-state index contributed by atoms with van der Waals surface area (Å²) < 4.78 is 0. The van der Waals surface area contributed by atoms with Crippen molar-refractivity contribution in [2.24, 2.45) is 11.5 Å². The summed E-state index contributed by atoms with van der Waals surface area (Å²) in [5.41, 5.74) is 16.1. The number of nitrogens with one attached hydrogen (secondary N) is 2. The van der Waals surface area contributed by atoms with Gasteiger partial charge in [-0.2, -0.15) is 0 Å². The Morgan fingerprint density at radius 1 is 0.900 bits per heavy atom. The highest BCUT2D eigenvalue weighted by atomic mass is 16.2. The second kappa shape index (κ2) is 8.23. The Bertz CT molecular complexity index is 1230. The van der Waals surface area contributed by atoms with Crippen LogP contribution in [-0.2, 0) is 11.2 Å². The number of benzene rings is 3. The molecule has 0 aliphatic heterocycles. The molecule has 0 bridgehead atoms. The third kappa shape index (κ3) is 3.81. The minimum atomic E-state index is -0.733. The molecule has 1 heterocycles. The topological polar surface area (TPSA) is 114 Å². The van der Waals surface area contributed by atoms with Gasteiger partial charge >= 0.3 is 0 Å². The van der Waals surface area contributed by atoms with Gasteiger partial charge in [-0.15, -0.1) is 0 Å². The molecule has 0 saturated heterocycles. The number of carbonyl (C=O) groups is 2. The number of primary amides is 1. The summed E-state index contributed by atoms with van der Waals surface area (Å²) in [5.74, 6) is -0.827. The van der Waals surface area contributed by atoms with Crippen LogP contribution in [-0.4, -0.2) is 22.8 Å². The lowest BCUT2D eigenvalue weighted by Gasteiger charge is -2.16. The summed E-state index contributed by atoms with van der Waals surface area (Å²) >= 11 is 0. The monoisotopic (exact) mass is 398 g/mol. The molecule has 0 saturated carbocycles. The van der Waals surface area contributed by atoms with Crippen molar-refractivity contribution in [1.29, 1.82) is 0 Å². The first-order valence-electron chi connectivity index (χ1n) is 9.64. The molecular weight excluding hydrogens is 376 g/mol. The molecule has 150 valence electrons. The fraction of sp³-hybridized carbons (Fsp3) is 0.0833. The first-order valence-corrected chi connectivity index (χ1v) is 9.64.